The van der Waals surface area contributed by atoms with Gasteiger partial charge in [-0.3, -0.25) is 19.2 Å². The van der Waals surface area contributed by atoms with E-state index in [9.17, 15) is 19.2 Å². The molecule has 3 aliphatic rings. The Kier molecular flexibility index (Phi) is 21.7. The Labute approximate surface area is 406 Å². The second kappa shape index (κ2) is 27.8. The molecule has 2 unspecified atom stereocenters. The number of carbonyl (C=O) groups excluding carboxylic acids is 4. The molecular formula is C49H66N4O9S4. The molecule has 4 N–H and O–H groups in total. The molecule has 3 aromatic carbocycles. The molecule has 0 radical (unpaired) electrons. The molecule has 4 amide bonds. The van der Waals surface area contributed by atoms with Crippen molar-refractivity contribution in [1.29, 1.82) is 0 Å². The van der Waals surface area contributed by atoms with Crippen LogP contribution >= 0.6 is 43.2 Å². The molecule has 1 aliphatic carbocycles. The molecule has 3 aromatic rings. The molecular weight excluding hydrogens is 917 g/mol. The van der Waals surface area contributed by atoms with E-state index in [0.717, 1.165) is 88.5 Å². The molecule has 13 nitrogen and oxygen atoms in total. The highest BCUT2D eigenvalue weighted by Gasteiger charge is 2.21. The maximum absolute atomic E-state index is 12.9. The van der Waals surface area contributed by atoms with E-state index < -0.39 is 0 Å². The summed E-state index contributed by atoms with van der Waals surface area (Å²) in [5.74, 6) is 4.33. The molecule has 0 spiro atoms. The zero-order valence-corrected chi connectivity index (χ0v) is 41.8. The SMILES string of the molecule is COc1ccc2c(c1)Cc1cc(OCC(=O)NCCNC(=O)CCCCC3CCSS3)c(OC)cc1CCc1cc(COCC(=O)NCCNC(=O)CCCC3CCSS3)c(OC)cc1C2. The summed E-state index contributed by atoms with van der Waals surface area (Å²) < 4.78 is 29.3. The molecule has 2 heterocycles. The average molecular weight is 983 g/mol. The largest absolute Gasteiger partial charge is 0.497 e. The van der Waals surface area contributed by atoms with Crippen molar-refractivity contribution >= 4 is 66.8 Å². The van der Waals surface area contributed by atoms with Crippen molar-refractivity contribution in [1.82, 2.24) is 21.3 Å². The van der Waals surface area contributed by atoms with E-state index in [4.69, 9.17) is 23.7 Å². The third-order valence-electron chi connectivity index (χ3n) is 11.9. The minimum Gasteiger partial charge on any atom is -0.497 e. The summed E-state index contributed by atoms with van der Waals surface area (Å²) in [4.78, 5) is 50.1. The lowest BCUT2D eigenvalue weighted by Crippen LogP contribution is -2.36. The van der Waals surface area contributed by atoms with Crippen molar-refractivity contribution in [3.63, 3.8) is 0 Å². The second-order valence-electron chi connectivity index (χ2n) is 16.7. The van der Waals surface area contributed by atoms with Crippen LogP contribution < -0.4 is 40.2 Å². The predicted molar refractivity (Wildman–Crippen MR) is 268 cm³/mol. The normalized spacial score (nSPS) is 16.5. The van der Waals surface area contributed by atoms with Gasteiger partial charge in [0.25, 0.3) is 5.91 Å². The highest BCUT2D eigenvalue weighted by Crippen LogP contribution is 2.41. The number of fused-ring (bicyclic) bond motifs is 3. The van der Waals surface area contributed by atoms with Gasteiger partial charge in [0.1, 0.15) is 18.1 Å². The molecule has 2 atom stereocenters. The fourth-order valence-corrected chi connectivity index (χ4v) is 14.3. The van der Waals surface area contributed by atoms with Crippen molar-refractivity contribution in [2.75, 3.05) is 72.2 Å². The number of unbranched alkanes of at least 4 members (excludes halogenated alkanes) is 1. The lowest BCUT2D eigenvalue weighted by Gasteiger charge is -2.22. The number of nitrogens with one attached hydrogen (secondary N) is 4. The molecule has 2 saturated heterocycles. The van der Waals surface area contributed by atoms with Crippen molar-refractivity contribution in [2.45, 2.75) is 101 Å². The Hall–Kier alpha value is -3.90. The maximum Gasteiger partial charge on any atom is 0.258 e. The van der Waals surface area contributed by atoms with Gasteiger partial charge in [-0.05, 0) is 134 Å². The van der Waals surface area contributed by atoms with Gasteiger partial charge in [-0.25, -0.2) is 0 Å². The second-order valence-corrected chi connectivity index (χ2v) is 22.2. The van der Waals surface area contributed by atoms with Crippen LogP contribution in [0.25, 0.3) is 0 Å². The van der Waals surface area contributed by atoms with Gasteiger partial charge < -0.3 is 45.0 Å². The molecule has 66 heavy (non-hydrogen) atoms. The van der Waals surface area contributed by atoms with Crippen LogP contribution in [0.3, 0.4) is 0 Å². The summed E-state index contributed by atoms with van der Waals surface area (Å²) in [6.45, 7) is 1.21. The minimum atomic E-state index is -0.292. The van der Waals surface area contributed by atoms with Crippen LogP contribution in [0.2, 0.25) is 0 Å². The predicted octanol–water partition coefficient (Wildman–Crippen LogP) is 7.39. The van der Waals surface area contributed by atoms with Gasteiger partial charge in [0.05, 0.1) is 27.9 Å². The lowest BCUT2D eigenvalue weighted by molar-refractivity contribution is -0.126. The topological polar surface area (TPSA) is 163 Å². The summed E-state index contributed by atoms with van der Waals surface area (Å²) >= 11 is 0. The Bertz CT molecular complexity index is 2080. The number of ether oxygens (including phenoxy) is 5. The molecule has 0 saturated carbocycles. The van der Waals surface area contributed by atoms with E-state index in [1.54, 1.807) is 21.3 Å². The number of hydrogen-bond donors (Lipinski definition) is 4. The first-order valence-electron chi connectivity index (χ1n) is 23.1. The van der Waals surface area contributed by atoms with E-state index in [0.29, 0.717) is 80.8 Å². The number of benzene rings is 3. The maximum atomic E-state index is 12.9. The quantitative estimate of drug-likeness (QED) is 0.0492. The highest BCUT2D eigenvalue weighted by atomic mass is 33.1. The molecule has 2 aliphatic heterocycles. The number of carbonyl (C=O) groups is 4. The van der Waals surface area contributed by atoms with Crippen molar-refractivity contribution < 1.29 is 42.9 Å². The van der Waals surface area contributed by atoms with Gasteiger partial charge in [0.2, 0.25) is 17.7 Å². The molecule has 360 valence electrons. The van der Waals surface area contributed by atoms with Crippen LogP contribution in [0, 0.1) is 0 Å². The van der Waals surface area contributed by atoms with Gasteiger partial charge in [-0.1, -0.05) is 55.7 Å². The fourth-order valence-electron chi connectivity index (χ4n) is 8.24. The number of rotatable bonds is 25. The van der Waals surface area contributed by atoms with E-state index in [2.05, 4.69) is 45.5 Å². The van der Waals surface area contributed by atoms with Crippen molar-refractivity contribution in [3.05, 3.63) is 81.4 Å². The van der Waals surface area contributed by atoms with E-state index in [-0.39, 0.29) is 43.4 Å². The summed E-state index contributed by atoms with van der Waals surface area (Å²) in [5, 5.41) is 12.9. The van der Waals surface area contributed by atoms with Crippen LogP contribution in [-0.4, -0.2) is 106 Å². The van der Waals surface area contributed by atoms with Crippen LogP contribution in [-0.2, 0) is 56.2 Å². The summed E-state index contributed by atoms with van der Waals surface area (Å²) in [5.41, 5.74) is 7.47. The van der Waals surface area contributed by atoms with E-state index in [1.165, 1.54) is 24.3 Å². The van der Waals surface area contributed by atoms with E-state index in [1.807, 2.05) is 61.4 Å². The lowest BCUT2D eigenvalue weighted by atomic mass is 9.86. The van der Waals surface area contributed by atoms with Crippen LogP contribution in [0.1, 0.15) is 96.7 Å². The first kappa shape index (κ1) is 51.5. The van der Waals surface area contributed by atoms with Crippen molar-refractivity contribution in [2.24, 2.45) is 0 Å². The first-order chi connectivity index (χ1) is 32.2. The number of methoxy groups -OCH3 is 3. The molecule has 0 bridgehead atoms. The van der Waals surface area contributed by atoms with Crippen LogP contribution in [0.15, 0.2) is 42.5 Å². The molecule has 0 aromatic heterocycles. The summed E-state index contributed by atoms with van der Waals surface area (Å²) in [6, 6.07) is 14.3. The zero-order valence-electron chi connectivity index (χ0n) is 38.6. The Morgan fingerprint density at radius 1 is 0.561 bits per heavy atom. The molecule has 17 heteroatoms. The summed E-state index contributed by atoms with van der Waals surface area (Å²) in [6.07, 6.45) is 11.2. The smallest absolute Gasteiger partial charge is 0.258 e. The monoisotopic (exact) mass is 982 g/mol. The Balaban J connectivity index is 1.02. The number of aryl methyl sites for hydroxylation is 2. The van der Waals surface area contributed by atoms with Gasteiger partial charge in [0.15, 0.2) is 18.1 Å². The highest BCUT2D eigenvalue weighted by molar-refractivity contribution is 8.77. The number of hydrogen-bond acceptors (Lipinski definition) is 13. The zero-order chi connectivity index (χ0) is 46.5. The minimum absolute atomic E-state index is 0.00813. The van der Waals surface area contributed by atoms with Crippen LogP contribution in [0.4, 0.5) is 0 Å². The van der Waals surface area contributed by atoms with Crippen LogP contribution in [0.5, 0.6) is 23.0 Å². The first-order valence-corrected chi connectivity index (χ1v) is 27.9. The fraction of sp³-hybridized carbons (Fsp3) is 0.551. The van der Waals surface area contributed by atoms with E-state index >= 15 is 0 Å². The van der Waals surface area contributed by atoms with Gasteiger partial charge in [-0.15, -0.1) is 0 Å². The van der Waals surface area contributed by atoms with Gasteiger partial charge in [0, 0.05) is 66.6 Å². The molecule has 6 rings (SSSR count). The third kappa shape index (κ3) is 16.7. The Morgan fingerprint density at radius 2 is 1.11 bits per heavy atom. The van der Waals surface area contributed by atoms with Gasteiger partial charge >= 0.3 is 0 Å². The summed E-state index contributed by atoms with van der Waals surface area (Å²) in [7, 11) is 12.7. The van der Waals surface area contributed by atoms with Gasteiger partial charge in [-0.2, -0.15) is 0 Å². The van der Waals surface area contributed by atoms with Crippen molar-refractivity contribution in [3.8, 4) is 23.0 Å². The third-order valence-corrected chi connectivity index (χ3v) is 17.9. The molecule has 2 fully saturated rings. The number of amides is 4. The Morgan fingerprint density at radius 3 is 1.73 bits per heavy atom. The standard InChI is InChI=1S/C49H66N4O9S4/c1-58-40-14-13-34-23-37-28-43(59-2)39(30-61-31-48(56)52-19-17-51-47(55)10-6-8-42-16-22-64-66-42)24-33(37)11-12-35-27-44(60-3)45(29-38(35)25-36(34)26-40)62-32-49(57)53-20-18-50-46(54)9-5-4-7-41-15-21-63-65-41/h13-14,24,26-29,41-42H,4-12,15-23,25,30-32H2,1-3H3,(H,50,54)(H,51,55)(H,52,56)(H,53,57). The average Bonchev–Trinajstić information content (AvgIpc) is 4.06.